The Hall–Kier alpha value is -3.54. The Labute approximate surface area is 163 Å². The van der Waals surface area contributed by atoms with E-state index < -0.39 is 18.0 Å². The van der Waals surface area contributed by atoms with Crippen LogP contribution in [0.2, 0.25) is 0 Å². The number of esters is 1. The van der Waals surface area contributed by atoms with Gasteiger partial charge in [-0.1, -0.05) is 42.0 Å². The van der Waals surface area contributed by atoms with Gasteiger partial charge in [0.2, 0.25) is 11.9 Å². The second kappa shape index (κ2) is 8.90. The molecule has 1 aromatic heterocycles. The molecule has 2 aromatic carbocycles. The summed E-state index contributed by atoms with van der Waals surface area (Å²) in [6.07, 6.45) is 0.290. The lowest BCUT2D eigenvalue weighted by molar-refractivity contribution is -0.130. The Bertz CT molecular complexity index is 915. The summed E-state index contributed by atoms with van der Waals surface area (Å²) in [6.45, 7) is 2.24. The highest BCUT2D eigenvalue weighted by Gasteiger charge is 2.26. The number of amides is 1. The average Bonchev–Trinajstić information content (AvgIpc) is 3.26. The lowest BCUT2D eigenvalue weighted by Crippen LogP contribution is -2.31. The zero-order valence-corrected chi connectivity index (χ0v) is 15.7. The number of carbonyl (C=O) groups is 2. The normalized spacial score (nSPS) is 11.5. The van der Waals surface area contributed by atoms with Crippen molar-refractivity contribution in [3.05, 3.63) is 89.4 Å². The van der Waals surface area contributed by atoms with Gasteiger partial charge in [0.1, 0.15) is 5.75 Å². The third kappa shape index (κ3) is 4.79. The first-order valence-corrected chi connectivity index (χ1v) is 8.78. The molecule has 1 heterocycles. The van der Waals surface area contributed by atoms with Gasteiger partial charge in [0.15, 0.2) is 0 Å². The molecule has 1 unspecified atom stereocenters. The second-order valence-corrected chi connectivity index (χ2v) is 6.24. The smallest absolute Gasteiger partial charge is 0.375 e. The summed E-state index contributed by atoms with van der Waals surface area (Å²) in [5.74, 6) is -0.338. The van der Waals surface area contributed by atoms with E-state index >= 15 is 0 Å². The van der Waals surface area contributed by atoms with Crippen LogP contribution in [0.25, 0.3) is 0 Å². The molecular weight excluding hydrogens is 358 g/mol. The Balaban J connectivity index is 1.73. The molecule has 1 amide bonds. The summed E-state index contributed by atoms with van der Waals surface area (Å²) in [5, 5.41) is 2.81. The molecule has 0 aliphatic rings. The number of methoxy groups -OCH3 is 1. The standard InChI is InChI=1S/C22H21NO5/c1-15-5-9-17(10-6-15)20(28-22(25)19-4-3-13-27-19)21(24)23-14-16-7-11-18(26-2)12-8-16/h3-13,20H,14H2,1-2H3,(H,23,24). The van der Waals surface area contributed by atoms with Crippen molar-refractivity contribution in [2.75, 3.05) is 7.11 Å². The van der Waals surface area contributed by atoms with Gasteiger partial charge < -0.3 is 19.2 Å². The van der Waals surface area contributed by atoms with Crippen LogP contribution in [0.1, 0.15) is 33.3 Å². The van der Waals surface area contributed by atoms with Crippen molar-refractivity contribution in [3.8, 4) is 5.75 Å². The molecule has 6 heteroatoms. The first kappa shape index (κ1) is 19.2. The minimum absolute atomic E-state index is 0.0417. The molecule has 6 nitrogen and oxygen atoms in total. The lowest BCUT2D eigenvalue weighted by Gasteiger charge is -2.18. The summed E-state index contributed by atoms with van der Waals surface area (Å²) in [6, 6.07) is 17.7. The van der Waals surface area contributed by atoms with Crippen molar-refractivity contribution >= 4 is 11.9 Å². The van der Waals surface area contributed by atoms with Gasteiger partial charge >= 0.3 is 5.97 Å². The van der Waals surface area contributed by atoms with Crippen LogP contribution in [0, 0.1) is 6.92 Å². The van der Waals surface area contributed by atoms with Gasteiger partial charge in [-0.05, 0) is 36.8 Å². The largest absolute Gasteiger partial charge is 0.497 e. The van der Waals surface area contributed by atoms with Gasteiger partial charge in [-0.3, -0.25) is 4.79 Å². The Morgan fingerprint density at radius 3 is 2.36 bits per heavy atom. The van der Waals surface area contributed by atoms with E-state index in [0.717, 1.165) is 16.9 Å². The molecule has 3 aromatic rings. The van der Waals surface area contributed by atoms with Crippen molar-refractivity contribution in [3.63, 3.8) is 0 Å². The lowest BCUT2D eigenvalue weighted by atomic mass is 10.1. The van der Waals surface area contributed by atoms with Crippen molar-refractivity contribution < 1.29 is 23.5 Å². The van der Waals surface area contributed by atoms with Crippen LogP contribution in [0.3, 0.4) is 0 Å². The van der Waals surface area contributed by atoms with E-state index in [9.17, 15) is 9.59 Å². The molecule has 0 aliphatic carbocycles. The number of benzene rings is 2. The number of hydrogen-bond donors (Lipinski definition) is 1. The first-order valence-electron chi connectivity index (χ1n) is 8.78. The molecule has 1 atom stereocenters. The van der Waals surface area contributed by atoms with Crippen LogP contribution in [0.15, 0.2) is 71.3 Å². The highest BCUT2D eigenvalue weighted by molar-refractivity contribution is 5.90. The van der Waals surface area contributed by atoms with Crippen LogP contribution in [0.5, 0.6) is 5.75 Å². The maximum atomic E-state index is 12.8. The molecule has 0 spiro atoms. The molecule has 0 saturated carbocycles. The number of carbonyl (C=O) groups excluding carboxylic acids is 2. The zero-order valence-electron chi connectivity index (χ0n) is 15.7. The minimum Gasteiger partial charge on any atom is -0.497 e. The van der Waals surface area contributed by atoms with Crippen LogP contribution in [0.4, 0.5) is 0 Å². The van der Waals surface area contributed by atoms with Gasteiger partial charge in [-0.25, -0.2) is 4.79 Å². The first-order chi connectivity index (χ1) is 13.6. The number of nitrogens with one attached hydrogen (secondary N) is 1. The molecule has 3 rings (SSSR count). The summed E-state index contributed by atoms with van der Waals surface area (Å²) >= 11 is 0. The van der Waals surface area contributed by atoms with E-state index in [0.29, 0.717) is 12.1 Å². The van der Waals surface area contributed by atoms with Gasteiger partial charge in [0.25, 0.3) is 5.91 Å². The number of hydrogen-bond acceptors (Lipinski definition) is 5. The van der Waals surface area contributed by atoms with Gasteiger partial charge in [0.05, 0.1) is 13.4 Å². The van der Waals surface area contributed by atoms with Crippen LogP contribution >= 0.6 is 0 Å². The van der Waals surface area contributed by atoms with Gasteiger partial charge in [0, 0.05) is 12.1 Å². The van der Waals surface area contributed by atoms with Crippen LogP contribution < -0.4 is 10.1 Å². The van der Waals surface area contributed by atoms with Gasteiger partial charge in [-0.15, -0.1) is 0 Å². The van der Waals surface area contributed by atoms with Crippen LogP contribution in [-0.4, -0.2) is 19.0 Å². The molecule has 0 fully saturated rings. The van der Waals surface area contributed by atoms with E-state index in [1.165, 1.54) is 12.3 Å². The second-order valence-electron chi connectivity index (χ2n) is 6.24. The van der Waals surface area contributed by atoms with E-state index in [4.69, 9.17) is 13.9 Å². The van der Waals surface area contributed by atoms with Crippen molar-refractivity contribution in [1.82, 2.24) is 5.32 Å². The topological polar surface area (TPSA) is 77.8 Å². The zero-order chi connectivity index (χ0) is 19.9. The highest BCUT2D eigenvalue weighted by Crippen LogP contribution is 2.21. The number of aryl methyl sites for hydroxylation is 1. The summed E-state index contributed by atoms with van der Waals surface area (Å²) in [4.78, 5) is 25.1. The van der Waals surface area contributed by atoms with E-state index in [2.05, 4.69) is 5.32 Å². The fraction of sp³-hybridized carbons (Fsp3) is 0.182. The van der Waals surface area contributed by atoms with Gasteiger partial charge in [-0.2, -0.15) is 0 Å². The quantitative estimate of drug-likeness (QED) is 0.632. The van der Waals surface area contributed by atoms with E-state index in [1.54, 1.807) is 25.3 Å². The number of rotatable bonds is 7. The third-order valence-electron chi connectivity index (χ3n) is 4.19. The fourth-order valence-corrected chi connectivity index (χ4v) is 2.60. The Morgan fingerprint density at radius 2 is 1.75 bits per heavy atom. The van der Waals surface area contributed by atoms with Crippen molar-refractivity contribution in [1.29, 1.82) is 0 Å². The van der Waals surface area contributed by atoms with E-state index in [1.807, 2.05) is 43.3 Å². The third-order valence-corrected chi connectivity index (χ3v) is 4.19. The Kier molecular flexibility index (Phi) is 6.11. The molecular formula is C22H21NO5. The fourth-order valence-electron chi connectivity index (χ4n) is 2.60. The van der Waals surface area contributed by atoms with Crippen molar-refractivity contribution in [2.24, 2.45) is 0 Å². The molecule has 0 bridgehead atoms. The highest BCUT2D eigenvalue weighted by atomic mass is 16.6. The SMILES string of the molecule is COc1ccc(CNC(=O)C(OC(=O)c2ccco2)c2ccc(C)cc2)cc1. The predicted octanol–water partition coefficient (Wildman–Crippen LogP) is 3.81. The summed E-state index contributed by atoms with van der Waals surface area (Å²) in [5.41, 5.74) is 2.52. The number of ether oxygens (including phenoxy) is 2. The maximum absolute atomic E-state index is 12.8. The maximum Gasteiger partial charge on any atom is 0.375 e. The van der Waals surface area contributed by atoms with E-state index in [-0.39, 0.29) is 5.76 Å². The Morgan fingerprint density at radius 1 is 1.04 bits per heavy atom. The monoisotopic (exact) mass is 379 g/mol. The van der Waals surface area contributed by atoms with Crippen molar-refractivity contribution in [2.45, 2.75) is 19.6 Å². The summed E-state index contributed by atoms with van der Waals surface area (Å²) < 4.78 is 15.6. The summed E-state index contributed by atoms with van der Waals surface area (Å²) in [7, 11) is 1.59. The van der Waals surface area contributed by atoms with Crippen LogP contribution in [-0.2, 0) is 16.1 Å². The molecule has 1 N–H and O–H groups in total. The number of furan rings is 1. The molecule has 144 valence electrons. The average molecular weight is 379 g/mol. The predicted molar refractivity (Wildman–Crippen MR) is 103 cm³/mol. The minimum atomic E-state index is -1.09. The molecule has 0 saturated heterocycles. The molecule has 0 aliphatic heterocycles. The molecule has 28 heavy (non-hydrogen) atoms. The molecule has 0 radical (unpaired) electrons.